The molecule has 2 aromatic carbocycles. The molecule has 29 heavy (non-hydrogen) atoms. The van der Waals surface area contributed by atoms with Gasteiger partial charge in [0.2, 0.25) is 0 Å². The standard InChI is InChI=1S/C23H26FN3OS/c1-25-20-5-2-3-6-21(20)27(23(25)29)19-12-15-26(16-13-19)14-4-7-22(28)17-8-10-18(24)11-9-17/h2-3,5-6,8-11,19H,4,7,12-16H2,1H3. The van der Waals surface area contributed by atoms with E-state index in [9.17, 15) is 9.18 Å². The molecule has 1 aliphatic rings. The summed E-state index contributed by atoms with van der Waals surface area (Å²) in [6.07, 6.45) is 3.46. The van der Waals surface area contributed by atoms with Crippen LogP contribution in [0.5, 0.6) is 0 Å². The van der Waals surface area contributed by atoms with Gasteiger partial charge >= 0.3 is 0 Å². The molecule has 0 saturated carbocycles. The van der Waals surface area contributed by atoms with Crippen LogP contribution in [-0.2, 0) is 7.05 Å². The van der Waals surface area contributed by atoms with Gasteiger partial charge in [0.1, 0.15) is 5.82 Å². The van der Waals surface area contributed by atoms with Crippen molar-refractivity contribution >= 4 is 29.0 Å². The third kappa shape index (κ3) is 4.19. The zero-order valence-electron chi connectivity index (χ0n) is 16.7. The summed E-state index contributed by atoms with van der Waals surface area (Å²) in [6, 6.07) is 14.6. The number of halogens is 1. The molecule has 0 spiro atoms. The van der Waals surface area contributed by atoms with Crippen LogP contribution in [0.3, 0.4) is 0 Å². The molecule has 3 aromatic rings. The number of hydrogen-bond donors (Lipinski definition) is 0. The van der Waals surface area contributed by atoms with Crippen molar-refractivity contribution in [2.45, 2.75) is 31.7 Å². The van der Waals surface area contributed by atoms with Gasteiger partial charge in [-0.15, -0.1) is 0 Å². The van der Waals surface area contributed by atoms with Gasteiger partial charge in [0.05, 0.1) is 11.0 Å². The molecular formula is C23H26FN3OS. The maximum Gasteiger partial charge on any atom is 0.180 e. The smallest absolute Gasteiger partial charge is 0.180 e. The molecule has 0 bridgehead atoms. The van der Waals surface area contributed by atoms with Crippen LogP contribution >= 0.6 is 12.2 Å². The van der Waals surface area contributed by atoms with Crippen molar-refractivity contribution in [1.29, 1.82) is 0 Å². The van der Waals surface area contributed by atoms with E-state index < -0.39 is 0 Å². The molecule has 1 fully saturated rings. The third-order valence-electron chi connectivity index (χ3n) is 5.96. The average Bonchev–Trinajstić information content (AvgIpc) is 3.00. The van der Waals surface area contributed by atoms with E-state index in [2.05, 4.69) is 38.3 Å². The predicted octanol–water partition coefficient (Wildman–Crippen LogP) is 5.15. The zero-order chi connectivity index (χ0) is 20.4. The topological polar surface area (TPSA) is 30.2 Å². The zero-order valence-corrected chi connectivity index (χ0v) is 17.5. The first-order valence-corrected chi connectivity index (χ1v) is 10.6. The van der Waals surface area contributed by atoms with E-state index in [1.165, 1.54) is 23.2 Å². The predicted molar refractivity (Wildman–Crippen MR) is 116 cm³/mol. The van der Waals surface area contributed by atoms with Crippen LogP contribution in [-0.4, -0.2) is 39.5 Å². The van der Waals surface area contributed by atoms with Gasteiger partial charge in [0.15, 0.2) is 10.6 Å². The number of benzene rings is 2. The van der Waals surface area contributed by atoms with Gasteiger partial charge in [0.25, 0.3) is 0 Å². The lowest BCUT2D eigenvalue weighted by Gasteiger charge is -2.32. The normalized spacial score (nSPS) is 15.8. The molecule has 0 amide bonds. The minimum atomic E-state index is -0.310. The van der Waals surface area contributed by atoms with Crippen molar-refractivity contribution in [2.24, 2.45) is 7.05 Å². The number of rotatable bonds is 6. The lowest BCUT2D eigenvalue weighted by molar-refractivity contribution is 0.0970. The lowest BCUT2D eigenvalue weighted by Crippen LogP contribution is -2.35. The lowest BCUT2D eigenvalue weighted by atomic mass is 10.0. The van der Waals surface area contributed by atoms with Gasteiger partial charge in [-0.2, -0.15) is 0 Å². The second-order valence-corrected chi connectivity index (χ2v) is 8.17. The summed E-state index contributed by atoms with van der Waals surface area (Å²) in [7, 11) is 2.04. The fraction of sp³-hybridized carbons (Fsp3) is 0.391. The molecule has 0 unspecified atom stereocenters. The quantitative estimate of drug-likeness (QED) is 0.415. The molecule has 1 aliphatic heterocycles. The number of para-hydroxylation sites is 2. The van der Waals surface area contributed by atoms with Gasteiger partial charge in [-0.3, -0.25) is 4.79 Å². The largest absolute Gasteiger partial charge is 0.320 e. The highest BCUT2D eigenvalue weighted by atomic mass is 32.1. The summed E-state index contributed by atoms with van der Waals surface area (Å²) >= 11 is 5.71. The number of aryl methyl sites for hydroxylation is 1. The Morgan fingerprint density at radius 3 is 2.41 bits per heavy atom. The minimum absolute atomic E-state index is 0.0851. The van der Waals surface area contributed by atoms with E-state index in [4.69, 9.17) is 12.2 Å². The monoisotopic (exact) mass is 411 g/mol. The Labute approximate surface area is 175 Å². The van der Waals surface area contributed by atoms with Crippen molar-refractivity contribution in [2.75, 3.05) is 19.6 Å². The van der Waals surface area contributed by atoms with Crippen LogP contribution in [0, 0.1) is 10.6 Å². The summed E-state index contributed by atoms with van der Waals surface area (Å²) in [5, 5.41) is 0. The number of carbonyl (C=O) groups is 1. The Morgan fingerprint density at radius 1 is 1.07 bits per heavy atom. The van der Waals surface area contributed by atoms with E-state index in [-0.39, 0.29) is 11.6 Å². The molecule has 1 saturated heterocycles. The number of likely N-dealkylation sites (tertiary alicyclic amines) is 1. The highest BCUT2D eigenvalue weighted by molar-refractivity contribution is 7.71. The summed E-state index contributed by atoms with van der Waals surface area (Å²) in [6.45, 7) is 2.95. The fourth-order valence-corrected chi connectivity index (χ4v) is 4.66. The van der Waals surface area contributed by atoms with Crippen molar-refractivity contribution in [3.05, 3.63) is 64.7 Å². The highest BCUT2D eigenvalue weighted by Gasteiger charge is 2.23. The van der Waals surface area contributed by atoms with E-state index in [0.29, 0.717) is 18.0 Å². The van der Waals surface area contributed by atoms with Crippen molar-refractivity contribution in [3.8, 4) is 0 Å². The number of hydrogen-bond acceptors (Lipinski definition) is 3. The molecule has 0 N–H and O–H groups in total. The first-order valence-electron chi connectivity index (χ1n) is 10.2. The van der Waals surface area contributed by atoms with Gasteiger partial charge in [0, 0.05) is 38.2 Å². The van der Waals surface area contributed by atoms with Gasteiger partial charge in [-0.25, -0.2) is 4.39 Å². The molecule has 4 nitrogen and oxygen atoms in total. The van der Waals surface area contributed by atoms with Gasteiger partial charge in [-0.05, 0) is 74.4 Å². The summed E-state index contributed by atoms with van der Waals surface area (Å²) < 4.78 is 18.3. The minimum Gasteiger partial charge on any atom is -0.320 e. The first-order chi connectivity index (χ1) is 14.0. The van der Waals surface area contributed by atoms with E-state index in [0.717, 1.165) is 43.7 Å². The fourth-order valence-electron chi connectivity index (χ4n) is 4.32. The molecule has 152 valence electrons. The number of Topliss-reactive ketones (excluding diaryl/α,β-unsaturated/α-hetero) is 1. The second-order valence-electron chi connectivity index (χ2n) is 7.81. The molecule has 0 aliphatic carbocycles. The summed E-state index contributed by atoms with van der Waals surface area (Å²) in [5.41, 5.74) is 2.98. The van der Waals surface area contributed by atoms with Crippen LogP contribution in [0.25, 0.3) is 11.0 Å². The van der Waals surface area contributed by atoms with Crippen molar-refractivity contribution in [3.63, 3.8) is 0 Å². The number of fused-ring (bicyclic) bond motifs is 1. The molecule has 1 aromatic heterocycles. The van der Waals surface area contributed by atoms with Crippen LogP contribution < -0.4 is 0 Å². The van der Waals surface area contributed by atoms with E-state index >= 15 is 0 Å². The number of carbonyl (C=O) groups excluding carboxylic acids is 1. The Balaban J connectivity index is 1.31. The Bertz CT molecular complexity index is 1060. The van der Waals surface area contributed by atoms with Gasteiger partial charge < -0.3 is 14.0 Å². The molecule has 0 atom stereocenters. The number of piperidine rings is 1. The van der Waals surface area contributed by atoms with Crippen molar-refractivity contribution < 1.29 is 9.18 Å². The van der Waals surface area contributed by atoms with Crippen LogP contribution in [0.1, 0.15) is 42.1 Å². The van der Waals surface area contributed by atoms with Crippen LogP contribution in [0.15, 0.2) is 48.5 Å². The summed E-state index contributed by atoms with van der Waals surface area (Å²) in [5.74, 6) is -0.224. The number of ketones is 1. The number of nitrogens with zero attached hydrogens (tertiary/aromatic N) is 3. The Hall–Kier alpha value is -2.31. The highest BCUT2D eigenvalue weighted by Crippen LogP contribution is 2.28. The molecule has 4 rings (SSSR count). The molecule has 6 heteroatoms. The number of aromatic nitrogens is 2. The Morgan fingerprint density at radius 2 is 1.72 bits per heavy atom. The van der Waals surface area contributed by atoms with Crippen LogP contribution in [0.2, 0.25) is 0 Å². The first kappa shape index (κ1) is 20.0. The second kappa shape index (κ2) is 8.59. The van der Waals surface area contributed by atoms with Crippen LogP contribution in [0.4, 0.5) is 4.39 Å². The van der Waals surface area contributed by atoms with Gasteiger partial charge in [-0.1, -0.05) is 12.1 Å². The molecule has 0 radical (unpaired) electrons. The third-order valence-corrected chi connectivity index (χ3v) is 6.43. The maximum absolute atomic E-state index is 13.0. The van der Waals surface area contributed by atoms with E-state index in [1.54, 1.807) is 12.1 Å². The van der Waals surface area contributed by atoms with E-state index in [1.807, 2.05) is 7.05 Å². The summed E-state index contributed by atoms with van der Waals surface area (Å²) in [4.78, 5) is 14.7. The maximum atomic E-state index is 13.0. The molecular weight excluding hydrogens is 385 g/mol. The van der Waals surface area contributed by atoms with Crippen molar-refractivity contribution in [1.82, 2.24) is 14.0 Å². The average molecular weight is 412 g/mol. The Kier molecular flexibility index (Phi) is 5.92. The molecule has 2 heterocycles. The SMILES string of the molecule is Cn1c(=S)n(C2CCN(CCCC(=O)c3ccc(F)cc3)CC2)c2ccccc21. The number of imidazole rings is 1.